The molecule has 154 valence electrons. The highest BCUT2D eigenvalue weighted by Gasteiger charge is 2.14. The van der Waals surface area contributed by atoms with Gasteiger partial charge in [-0.3, -0.25) is 4.98 Å². The molecule has 0 spiro atoms. The SMILES string of the molecule is Cc1cc(C)cc(OCCNCC(O)COc2c(C)ncc(CO)c2CO)c1. The molecule has 0 amide bonds. The Kier molecular flexibility index (Phi) is 8.66. The van der Waals surface area contributed by atoms with E-state index in [2.05, 4.69) is 16.4 Å². The van der Waals surface area contributed by atoms with Gasteiger partial charge < -0.3 is 30.1 Å². The zero-order valence-electron chi connectivity index (χ0n) is 16.7. The van der Waals surface area contributed by atoms with Gasteiger partial charge >= 0.3 is 0 Å². The maximum absolute atomic E-state index is 10.1. The van der Waals surface area contributed by atoms with Crippen molar-refractivity contribution >= 4 is 0 Å². The summed E-state index contributed by atoms with van der Waals surface area (Å²) in [6, 6.07) is 6.08. The smallest absolute Gasteiger partial charge is 0.146 e. The van der Waals surface area contributed by atoms with Crippen LogP contribution in [0.1, 0.15) is 27.9 Å². The minimum atomic E-state index is -0.732. The zero-order chi connectivity index (χ0) is 20.5. The number of hydrogen-bond acceptors (Lipinski definition) is 7. The van der Waals surface area contributed by atoms with Crippen LogP contribution in [0.4, 0.5) is 0 Å². The van der Waals surface area contributed by atoms with E-state index < -0.39 is 6.10 Å². The molecular formula is C21H30N2O5. The van der Waals surface area contributed by atoms with Crippen LogP contribution in [0.5, 0.6) is 11.5 Å². The molecule has 4 N–H and O–H groups in total. The van der Waals surface area contributed by atoms with Crippen LogP contribution in [0.15, 0.2) is 24.4 Å². The second kappa shape index (κ2) is 11.0. The highest BCUT2D eigenvalue weighted by Crippen LogP contribution is 2.25. The van der Waals surface area contributed by atoms with Crippen molar-refractivity contribution in [2.75, 3.05) is 26.3 Å². The van der Waals surface area contributed by atoms with Crippen LogP contribution in [-0.2, 0) is 13.2 Å². The quantitative estimate of drug-likeness (QED) is 0.430. The van der Waals surface area contributed by atoms with Gasteiger partial charge in [0.15, 0.2) is 0 Å². The predicted octanol–water partition coefficient (Wildman–Crippen LogP) is 1.40. The van der Waals surface area contributed by atoms with E-state index in [0.717, 1.165) is 16.9 Å². The fourth-order valence-electron chi connectivity index (χ4n) is 2.94. The molecule has 28 heavy (non-hydrogen) atoms. The number of aryl methyl sites for hydroxylation is 3. The third-order valence-corrected chi connectivity index (χ3v) is 4.28. The number of pyridine rings is 1. The minimum Gasteiger partial charge on any atom is -0.492 e. The molecule has 7 nitrogen and oxygen atoms in total. The third-order valence-electron chi connectivity index (χ3n) is 4.28. The van der Waals surface area contributed by atoms with Crippen molar-refractivity contribution in [3.63, 3.8) is 0 Å². The first-order chi connectivity index (χ1) is 13.4. The average Bonchev–Trinajstić information content (AvgIpc) is 2.65. The molecular weight excluding hydrogens is 360 g/mol. The van der Waals surface area contributed by atoms with Gasteiger partial charge in [-0.25, -0.2) is 0 Å². The van der Waals surface area contributed by atoms with Crippen molar-refractivity contribution in [3.05, 3.63) is 52.3 Å². The standard InChI is InChI=1S/C21H30N2O5/c1-14-6-15(2)8-19(7-14)27-5-4-22-10-18(26)13-28-21-16(3)23-9-17(11-24)20(21)12-25/h6-9,18,22,24-26H,4-5,10-13H2,1-3H3. The van der Waals surface area contributed by atoms with Crippen molar-refractivity contribution in [2.24, 2.45) is 0 Å². The largest absolute Gasteiger partial charge is 0.492 e. The summed E-state index contributed by atoms with van der Waals surface area (Å²) in [5.74, 6) is 1.25. The van der Waals surface area contributed by atoms with Crippen LogP contribution in [-0.4, -0.2) is 52.7 Å². The normalized spacial score (nSPS) is 12.1. The lowest BCUT2D eigenvalue weighted by Crippen LogP contribution is -2.34. The second-order valence-corrected chi connectivity index (χ2v) is 6.83. The number of nitrogens with zero attached hydrogens (tertiary/aromatic N) is 1. The highest BCUT2D eigenvalue weighted by atomic mass is 16.5. The Morgan fingerprint density at radius 1 is 1.04 bits per heavy atom. The molecule has 1 aromatic heterocycles. The van der Waals surface area contributed by atoms with Crippen LogP contribution >= 0.6 is 0 Å². The van der Waals surface area contributed by atoms with Gasteiger partial charge in [-0.1, -0.05) is 6.07 Å². The number of nitrogens with one attached hydrogen (secondary N) is 1. The lowest BCUT2D eigenvalue weighted by Gasteiger charge is -2.18. The molecule has 7 heteroatoms. The Bertz CT molecular complexity index is 746. The number of aromatic nitrogens is 1. The van der Waals surface area contributed by atoms with E-state index in [4.69, 9.17) is 9.47 Å². The number of ether oxygens (including phenoxy) is 2. The van der Waals surface area contributed by atoms with Gasteiger partial charge in [0.1, 0.15) is 30.8 Å². The van der Waals surface area contributed by atoms with E-state index in [1.54, 1.807) is 6.92 Å². The summed E-state index contributed by atoms with van der Waals surface area (Å²) in [7, 11) is 0. The van der Waals surface area contributed by atoms with E-state index in [-0.39, 0.29) is 19.8 Å². The Morgan fingerprint density at radius 2 is 1.75 bits per heavy atom. The maximum Gasteiger partial charge on any atom is 0.146 e. The summed E-state index contributed by atoms with van der Waals surface area (Å²) in [4.78, 5) is 4.15. The van der Waals surface area contributed by atoms with Crippen molar-refractivity contribution in [3.8, 4) is 11.5 Å². The van der Waals surface area contributed by atoms with Crippen LogP contribution in [0.25, 0.3) is 0 Å². The number of rotatable bonds is 11. The number of aliphatic hydroxyl groups is 3. The summed E-state index contributed by atoms with van der Waals surface area (Å²) < 4.78 is 11.4. The molecule has 1 aromatic carbocycles. The lowest BCUT2D eigenvalue weighted by atomic mass is 10.1. The summed E-state index contributed by atoms with van der Waals surface area (Å²) in [5.41, 5.74) is 3.93. The molecule has 0 saturated carbocycles. The summed E-state index contributed by atoms with van der Waals surface area (Å²) in [6.45, 7) is 6.80. The van der Waals surface area contributed by atoms with Gasteiger partial charge in [0.05, 0.1) is 18.9 Å². The summed E-state index contributed by atoms with van der Waals surface area (Å²) >= 11 is 0. The van der Waals surface area contributed by atoms with Gasteiger partial charge in [-0.05, 0) is 44.0 Å². The van der Waals surface area contributed by atoms with E-state index in [9.17, 15) is 15.3 Å². The summed E-state index contributed by atoms with van der Waals surface area (Å²) in [6.07, 6.45) is 0.784. The number of aliphatic hydroxyl groups excluding tert-OH is 3. The Morgan fingerprint density at radius 3 is 2.39 bits per heavy atom. The molecule has 0 bridgehead atoms. The van der Waals surface area contributed by atoms with Gasteiger partial charge in [0.25, 0.3) is 0 Å². The Hall–Kier alpha value is -2.19. The third kappa shape index (κ3) is 6.45. The Balaban J connectivity index is 1.74. The average molecular weight is 390 g/mol. The number of benzene rings is 1. The van der Waals surface area contributed by atoms with E-state index in [0.29, 0.717) is 42.3 Å². The van der Waals surface area contributed by atoms with E-state index in [1.165, 1.54) is 6.20 Å². The molecule has 2 rings (SSSR count). The maximum atomic E-state index is 10.1. The van der Waals surface area contributed by atoms with Gasteiger partial charge in [0, 0.05) is 30.4 Å². The lowest BCUT2D eigenvalue weighted by molar-refractivity contribution is 0.103. The first-order valence-electron chi connectivity index (χ1n) is 9.36. The van der Waals surface area contributed by atoms with E-state index in [1.807, 2.05) is 26.0 Å². The van der Waals surface area contributed by atoms with Crippen LogP contribution in [0, 0.1) is 20.8 Å². The monoisotopic (exact) mass is 390 g/mol. The van der Waals surface area contributed by atoms with E-state index >= 15 is 0 Å². The van der Waals surface area contributed by atoms with Crippen molar-refractivity contribution in [1.82, 2.24) is 10.3 Å². The molecule has 2 aromatic rings. The van der Waals surface area contributed by atoms with Gasteiger partial charge in [-0.2, -0.15) is 0 Å². The molecule has 1 atom stereocenters. The zero-order valence-corrected chi connectivity index (χ0v) is 16.7. The topological polar surface area (TPSA) is 104 Å². The van der Waals surface area contributed by atoms with Crippen LogP contribution < -0.4 is 14.8 Å². The molecule has 0 aliphatic rings. The fraction of sp³-hybridized carbons (Fsp3) is 0.476. The molecule has 0 saturated heterocycles. The molecule has 0 radical (unpaired) electrons. The second-order valence-electron chi connectivity index (χ2n) is 6.83. The predicted molar refractivity (Wildman–Crippen MR) is 107 cm³/mol. The highest BCUT2D eigenvalue weighted by molar-refractivity contribution is 5.41. The van der Waals surface area contributed by atoms with Crippen molar-refractivity contribution in [2.45, 2.75) is 40.1 Å². The summed E-state index contributed by atoms with van der Waals surface area (Å²) in [5, 5.41) is 32.1. The fourth-order valence-corrected chi connectivity index (χ4v) is 2.94. The molecule has 0 aliphatic carbocycles. The Labute approximate surface area is 166 Å². The molecule has 1 heterocycles. The van der Waals surface area contributed by atoms with Crippen molar-refractivity contribution < 1.29 is 24.8 Å². The molecule has 1 unspecified atom stereocenters. The van der Waals surface area contributed by atoms with Gasteiger partial charge in [-0.15, -0.1) is 0 Å². The van der Waals surface area contributed by atoms with Gasteiger partial charge in [0.2, 0.25) is 0 Å². The first-order valence-corrected chi connectivity index (χ1v) is 9.36. The van der Waals surface area contributed by atoms with Crippen LogP contribution in [0.2, 0.25) is 0 Å². The minimum absolute atomic E-state index is 0.0509. The van der Waals surface area contributed by atoms with Crippen LogP contribution in [0.3, 0.4) is 0 Å². The van der Waals surface area contributed by atoms with Crippen molar-refractivity contribution in [1.29, 1.82) is 0 Å². The first kappa shape index (κ1) is 22.1. The molecule has 0 aliphatic heterocycles. The number of hydrogen-bond donors (Lipinski definition) is 4. The molecule has 0 fully saturated rings.